The van der Waals surface area contributed by atoms with E-state index in [0.29, 0.717) is 43.8 Å². The summed E-state index contributed by atoms with van der Waals surface area (Å²) in [4.78, 5) is 26.4. The fraction of sp³-hybridized carbons (Fsp3) is 0.391. The van der Waals surface area contributed by atoms with Crippen molar-refractivity contribution in [3.8, 4) is 11.1 Å². The first kappa shape index (κ1) is 20.1. The summed E-state index contributed by atoms with van der Waals surface area (Å²) in [5.74, 6) is -0.806. The van der Waals surface area contributed by atoms with Crippen LogP contribution in [0.15, 0.2) is 48.5 Å². The van der Waals surface area contributed by atoms with Gasteiger partial charge in [0.2, 0.25) is 0 Å². The third kappa shape index (κ3) is 4.24. The van der Waals surface area contributed by atoms with Crippen LogP contribution in [0.2, 0.25) is 0 Å². The van der Waals surface area contributed by atoms with Crippen LogP contribution in [0.3, 0.4) is 0 Å². The molecule has 0 aliphatic carbocycles. The zero-order chi connectivity index (χ0) is 20.3. The Kier molecular flexibility index (Phi) is 5.82. The summed E-state index contributed by atoms with van der Waals surface area (Å²) in [6.07, 6.45) is 1.61. The summed E-state index contributed by atoms with van der Waals surface area (Å²) >= 11 is 0. The average molecular weight is 383 g/mol. The smallest absolute Gasteiger partial charge is 0.309 e. The van der Waals surface area contributed by atoms with Crippen LogP contribution in [-0.2, 0) is 4.79 Å². The first-order valence-corrected chi connectivity index (χ1v) is 9.69. The second kappa shape index (κ2) is 8.13. The van der Waals surface area contributed by atoms with E-state index in [1.54, 1.807) is 29.2 Å². The molecule has 4 nitrogen and oxygen atoms in total. The number of carboxylic acids is 1. The Labute approximate surface area is 165 Å². The van der Waals surface area contributed by atoms with E-state index >= 15 is 0 Å². The fourth-order valence-electron chi connectivity index (χ4n) is 4.05. The molecule has 0 saturated carbocycles. The van der Waals surface area contributed by atoms with Gasteiger partial charge in [0.05, 0.1) is 5.41 Å². The number of carbonyl (C=O) groups excluding carboxylic acids is 1. The van der Waals surface area contributed by atoms with Crippen molar-refractivity contribution in [2.24, 2.45) is 11.3 Å². The summed E-state index contributed by atoms with van der Waals surface area (Å²) < 4.78 is 13.1. The maximum absolute atomic E-state index is 13.1. The van der Waals surface area contributed by atoms with Gasteiger partial charge in [0.15, 0.2) is 0 Å². The molecule has 28 heavy (non-hydrogen) atoms. The van der Waals surface area contributed by atoms with Crippen molar-refractivity contribution in [2.45, 2.75) is 33.1 Å². The number of hydrogen-bond acceptors (Lipinski definition) is 2. The number of amides is 1. The number of piperidine rings is 1. The van der Waals surface area contributed by atoms with Gasteiger partial charge in [-0.05, 0) is 60.6 Å². The standard InChI is InChI=1S/C23H26FNO3/c1-16(2)15-23(22(27)28)11-13-25(14-12-23)21(26)19-5-3-17(4-6-19)18-7-9-20(24)10-8-18/h3-10,16H,11-15H2,1-2H3,(H,27,28). The molecule has 0 radical (unpaired) electrons. The molecule has 0 aromatic heterocycles. The molecule has 1 aliphatic rings. The van der Waals surface area contributed by atoms with Gasteiger partial charge in [-0.2, -0.15) is 0 Å². The summed E-state index contributed by atoms with van der Waals surface area (Å²) in [6.45, 7) is 4.98. The van der Waals surface area contributed by atoms with Crippen LogP contribution in [0.25, 0.3) is 11.1 Å². The third-order valence-electron chi connectivity index (χ3n) is 5.57. The minimum atomic E-state index is -0.753. The zero-order valence-electron chi connectivity index (χ0n) is 16.3. The van der Waals surface area contributed by atoms with E-state index in [2.05, 4.69) is 0 Å². The number of aliphatic carboxylic acids is 1. The van der Waals surface area contributed by atoms with Crippen LogP contribution in [0, 0.1) is 17.2 Å². The van der Waals surface area contributed by atoms with E-state index in [4.69, 9.17) is 0 Å². The van der Waals surface area contributed by atoms with Crippen LogP contribution in [0.5, 0.6) is 0 Å². The summed E-state index contributed by atoms with van der Waals surface area (Å²) in [5, 5.41) is 9.71. The topological polar surface area (TPSA) is 57.6 Å². The summed E-state index contributed by atoms with van der Waals surface area (Å²) in [7, 11) is 0. The monoisotopic (exact) mass is 383 g/mol. The zero-order valence-corrected chi connectivity index (χ0v) is 16.3. The predicted octanol–water partition coefficient (Wildman–Crippen LogP) is 4.85. The van der Waals surface area contributed by atoms with Crippen molar-refractivity contribution in [3.05, 3.63) is 59.9 Å². The number of halogens is 1. The predicted molar refractivity (Wildman–Crippen MR) is 106 cm³/mol. The number of rotatable bonds is 5. The van der Waals surface area contributed by atoms with Crippen LogP contribution in [-0.4, -0.2) is 35.0 Å². The number of carbonyl (C=O) groups is 2. The number of nitrogens with zero attached hydrogens (tertiary/aromatic N) is 1. The maximum atomic E-state index is 13.1. The van der Waals surface area contributed by atoms with E-state index in [-0.39, 0.29) is 11.7 Å². The van der Waals surface area contributed by atoms with E-state index in [0.717, 1.165) is 11.1 Å². The van der Waals surface area contributed by atoms with Crippen LogP contribution < -0.4 is 0 Å². The Morgan fingerprint density at radius 2 is 1.50 bits per heavy atom. The minimum Gasteiger partial charge on any atom is -0.481 e. The lowest BCUT2D eigenvalue weighted by Crippen LogP contribution is -2.47. The Hall–Kier alpha value is -2.69. The molecule has 1 N–H and O–H groups in total. The van der Waals surface area contributed by atoms with E-state index in [9.17, 15) is 19.1 Å². The highest BCUT2D eigenvalue weighted by atomic mass is 19.1. The van der Waals surface area contributed by atoms with Crippen LogP contribution in [0.1, 0.15) is 43.5 Å². The molecule has 0 unspecified atom stereocenters. The first-order valence-electron chi connectivity index (χ1n) is 9.69. The molecule has 2 aromatic rings. The lowest BCUT2D eigenvalue weighted by molar-refractivity contribution is -0.153. The molecule has 1 aliphatic heterocycles. The van der Waals surface area contributed by atoms with Crippen molar-refractivity contribution in [1.29, 1.82) is 0 Å². The van der Waals surface area contributed by atoms with E-state index < -0.39 is 11.4 Å². The number of hydrogen-bond donors (Lipinski definition) is 1. The molecule has 0 spiro atoms. The van der Waals surface area contributed by atoms with Crippen molar-refractivity contribution in [3.63, 3.8) is 0 Å². The number of likely N-dealkylation sites (tertiary alicyclic amines) is 1. The average Bonchev–Trinajstić information content (AvgIpc) is 2.68. The van der Waals surface area contributed by atoms with Gasteiger partial charge in [-0.3, -0.25) is 9.59 Å². The molecule has 0 bridgehead atoms. The highest BCUT2D eigenvalue weighted by Gasteiger charge is 2.42. The minimum absolute atomic E-state index is 0.0748. The van der Waals surface area contributed by atoms with Gasteiger partial charge in [-0.15, -0.1) is 0 Å². The molecule has 1 amide bonds. The van der Waals surface area contributed by atoms with Crippen LogP contribution in [0.4, 0.5) is 4.39 Å². The third-order valence-corrected chi connectivity index (χ3v) is 5.57. The quantitative estimate of drug-likeness (QED) is 0.803. The van der Waals surface area contributed by atoms with Crippen molar-refractivity contribution in [1.82, 2.24) is 4.90 Å². The molecule has 148 valence electrons. The molecule has 2 aromatic carbocycles. The normalized spacial score (nSPS) is 16.2. The Morgan fingerprint density at radius 1 is 1.00 bits per heavy atom. The lowest BCUT2D eigenvalue weighted by Gasteiger charge is -2.39. The van der Waals surface area contributed by atoms with Gasteiger partial charge in [0, 0.05) is 18.7 Å². The maximum Gasteiger partial charge on any atom is 0.309 e. The van der Waals surface area contributed by atoms with Crippen molar-refractivity contribution < 1.29 is 19.1 Å². The molecule has 1 heterocycles. The Morgan fingerprint density at radius 3 is 1.96 bits per heavy atom. The highest BCUT2D eigenvalue weighted by Crippen LogP contribution is 2.38. The van der Waals surface area contributed by atoms with Gasteiger partial charge in [-0.1, -0.05) is 38.1 Å². The number of carboxylic acid groups (broad SMARTS) is 1. The Bertz CT molecular complexity index is 835. The molecular weight excluding hydrogens is 357 g/mol. The van der Waals surface area contributed by atoms with Gasteiger partial charge >= 0.3 is 5.97 Å². The van der Waals surface area contributed by atoms with Gasteiger partial charge in [0.1, 0.15) is 5.82 Å². The van der Waals surface area contributed by atoms with Gasteiger partial charge in [0.25, 0.3) is 5.91 Å². The first-order chi connectivity index (χ1) is 13.3. The van der Waals surface area contributed by atoms with Gasteiger partial charge < -0.3 is 10.0 Å². The second-order valence-electron chi connectivity index (χ2n) is 8.06. The van der Waals surface area contributed by atoms with Crippen molar-refractivity contribution >= 4 is 11.9 Å². The SMILES string of the molecule is CC(C)CC1(C(=O)O)CCN(C(=O)c2ccc(-c3ccc(F)cc3)cc2)CC1. The largest absolute Gasteiger partial charge is 0.481 e. The lowest BCUT2D eigenvalue weighted by atomic mass is 9.72. The second-order valence-corrected chi connectivity index (χ2v) is 8.06. The molecule has 5 heteroatoms. The van der Waals surface area contributed by atoms with Crippen LogP contribution >= 0.6 is 0 Å². The summed E-state index contributed by atoms with van der Waals surface area (Å²) in [6, 6.07) is 13.5. The fourth-order valence-corrected chi connectivity index (χ4v) is 4.05. The molecule has 1 saturated heterocycles. The molecule has 3 rings (SSSR count). The molecule has 0 atom stereocenters. The van der Waals surface area contributed by atoms with Crippen molar-refractivity contribution in [2.75, 3.05) is 13.1 Å². The highest BCUT2D eigenvalue weighted by molar-refractivity contribution is 5.95. The molecule has 1 fully saturated rings. The summed E-state index contributed by atoms with van der Waals surface area (Å²) in [5.41, 5.74) is 1.66. The van der Waals surface area contributed by atoms with E-state index in [1.807, 2.05) is 26.0 Å². The van der Waals surface area contributed by atoms with E-state index in [1.165, 1.54) is 12.1 Å². The Balaban J connectivity index is 1.68. The number of benzene rings is 2. The van der Waals surface area contributed by atoms with Gasteiger partial charge in [-0.25, -0.2) is 4.39 Å². The molecular formula is C23H26FNO3.